The lowest BCUT2D eigenvalue weighted by Gasteiger charge is -2.41. The molecule has 1 heteroatoms. The number of allylic oxidation sites excluding steroid dienone is 4. The monoisotopic (exact) mass is 384 g/mol. The molecule has 0 spiro atoms. The zero-order valence-electron chi connectivity index (χ0n) is 19.0. The molecule has 3 aliphatic rings. The van der Waals surface area contributed by atoms with Crippen molar-refractivity contribution in [2.45, 2.75) is 111 Å². The fourth-order valence-corrected chi connectivity index (χ4v) is 6.53. The van der Waals surface area contributed by atoms with Gasteiger partial charge in [0.05, 0.1) is 6.10 Å². The van der Waals surface area contributed by atoms with Crippen LogP contribution in [0.4, 0.5) is 0 Å². The summed E-state index contributed by atoms with van der Waals surface area (Å²) in [6.07, 6.45) is 17.0. The Morgan fingerprint density at radius 3 is 2.68 bits per heavy atom. The predicted octanol–water partition coefficient (Wildman–Crippen LogP) is 7.76. The van der Waals surface area contributed by atoms with E-state index in [4.69, 9.17) is 0 Å². The average molecular weight is 385 g/mol. The zero-order chi connectivity index (χ0) is 20.3. The van der Waals surface area contributed by atoms with Crippen LogP contribution in [0.3, 0.4) is 0 Å². The fraction of sp³-hybridized carbons (Fsp3) is 0.778. The summed E-state index contributed by atoms with van der Waals surface area (Å²) in [5, 5.41) is 10.0. The fourth-order valence-electron chi connectivity index (χ4n) is 6.53. The maximum Gasteiger partial charge on any atom is 0.0583 e. The van der Waals surface area contributed by atoms with Crippen molar-refractivity contribution in [1.29, 1.82) is 0 Å². The summed E-state index contributed by atoms with van der Waals surface area (Å²) < 4.78 is 0. The summed E-state index contributed by atoms with van der Waals surface area (Å²) in [7, 11) is 0. The van der Waals surface area contributed by atoms with Gasteiger partial charge in [-0.1, -0.05) is 76.3 Å². The molecule has 2 saturated carbocycles. The van der Waals surface area contributed by atoms with Gasteiger partial charge < -0.3 is 5.11 Å². The van der Waals surface area contributed by atoms with Crippen LogP contribution >= 0.6 is 0 Å². The Morgan fingerprint density at radius 1 is 1.14 bits per heavy atom. The summed E-state index contributed by atoms with van der Waals surface area (Å²) >= 11 is 0. The summed E-state index contributed by atoms with van der Waals surface area (Å²) in [5.74, 6) is 2.57. The normalized spacial score (nSPS) is 33.6. The summed E-state index contributed by atoms with van der Waals surface area (Å²) in [6.45, 7) is 14.1. The van der Waals surface area contributed by atoms with Gasteiger partial charge in [0.25, 0.3) is 0 Å². The molecule has 3 aliphatic carbocycles. The van der Waals surface area contributed by atoms with Crippen molar-refractivity contribution < 1.29 is 5.11 Å². The molecule has 1 nitrogen and oxygen atoms in total. The van der Waals surface area contributed by atoms with Crippen LogP contribution in [0.1, 0.15) is 105 Å². The average Bonchev–Trinajstić information content (AvgIpc) is 2.99. The number of aliphatic hydroxyl groups is 1. The van der Waals surface area contributed by atoms with Crippen molar-refractivity contribution in [2.24, 2.45) is 23.2 Å². The van der Waals surface area contributed by atoms with Gasteiger partial charge in [0, 0.05) is 0 Å². The third-order valence-electron chi connectivity index (χ3n) is 8.23. The largest absolute Gasteiger partial charge is 0.393 e. The minimum atomic E-state index is -0.159. The third kappa shape index (κ3) is 4.84. The third-order valence-corrected chi connectivity index (χ3v) is 8.23. The second-order valence-corrected chi connectivity index (χ2v) is 10.7. The first-order chi connectivity index (χ1) is 13.3. The Hall–Kier alpha value is -0.820. The van der Waals surface area contributed by atoms with Gasteiger partial charge in [-0.25, -0.2) is 0 Å². The Bertz CT molecular complexity index is 622. The quantitative estimate of drug-likeness (QED) is 0.445. The lowest BCUT2D eigenvalue weighted by atomic mass is 9.64. The molecule has 0 aromatic rings. The minimum absolute atomic E-state index is 0.159. The van der Waals surface area contributed by atoms with Crippen LogP contribution in [0.2, 0.25) is 0 Å². The Balaban J connectivity index is 1.70. The van der Waals surface area contributed by atoms with Gasteiger partial charge in [-0.2, -0.15) is 0 Å². The molecule has 0 unspecified atom stereocenters. The van der Waals surface area contributed by atoms with Gasteiger partial charge >= 0.3 is 0 Å². The lowest BCUT2D eigenvalue weighted by molar-refractivity contribution is 0.158. The number of hydrogen-bond acceptors (Lipinski definition) is 1. The maximum absolute atomic E-state index is 10.0. The van der Waals surface area contributed by atoms with E-state index in [1.165, 1.54) is 62.5 Å². The number of rotatable bonds is 7. The molecule has 2 fully saturated rings. The number of fused-ring (bicyclic) bond motifs is 1. The van der Waals surface area contributed by atoms with E-state index in [1.54, 1.807) is 5.57 Å². The summed E-state index contributed by atoms with van der Waals surface area (Å²) in [5.41, 5.74) is 6.59. The second kappa shape index (κ2) is 9.33. The van der Waals surface area contributed by atoms with Gasteiger partial charge in [-0.05, 0) is 86.5 Å². The van der Waals surface area contributed by atoms with E-state index in [1.807, 2.05) is 5.57 Å². The van der Waals surface area contributed by atoms with Crippen LogP contribution in [-0.4, -0.2) is 11.2 Å². The lowest BCUT2D eigenvalue weighted by Crippen LogP contribution is -2.31. The van der Waals surface area contributed by atoms with Gasteiger partial charge in [-0.3, -0.25) is 0 Å². The summed E-state index contributed by atoms with van der Waals surface area (Å²) in [4.78, 5) is 0. The van der Waals surface area contributed by atoms with E-state index >= 15 is 0 Å². The van der Waals surface area contributed by atoms with Crippen LogP contribution in [0.5, 0.6) is 0 Å². The highest BCUT2D eigenvalue weighted by molar-refractivity contribution is 5.35. The van der Waals surface area contributed by atoms with Crippen molar-refractivity contribution in [2.75, 3.05) is 0 Å². The molecule has 3 rings (SSSR count). The van der Waals surface area contributed by atoms with Crippen LogP contribution in [0, 0.1) is 23.2 Å². The van der Waals surface area contributed by atoms with Crippen molar-refractivity contribution in [3.8, 4) is 0 Å². The van der Waals surface area contributed by atoms with E-state index < -0.39 is 0 Å². The van der Waals surface area contributed by atoms with E-state index in [0.717, 1.165) is 43.4 Å². The number of aliphatic hydroxyl groups excluding tert-OH is 1. The van der Waals surface area contributed by atoms with Crippen molar-refractivity contribution >= 4 is 0 Å². The topological polar surface area (TPSA) is 20.2 Å². The highest BCUT2D eigenvalue weighted by atomic mass is 16.3. The molecule has 0 saturated heterocycles. The summed E-state index contributed by atoms with van der Waals surface area (Å²) in [6, 6.07) is 0. The van der Waals surface area contributed by atoms with Crippen LogP contribution in [0.15, 0.2) is 34.9 Å². The molecule has 0 aromatic heterocycles. The van der Waals surface area contributed by atoms with Gasteiger partial charge in [-0.15, -0.1) is 0 Å². The van der Waals surface area contributed by atoms with Gasteiger partial charge in [0.1, 0.15) is 0 Å². The van der Waals surface area contributed by atoms with E-state index in [2.05, 4.69) is 40.3 Å². The standard InChI is InChI=1S/C27H44O/c1-19(2)8-6-9-21(4)25-15-16-26-22(10-7-17-27(25,26)5)12-13-23-18-24(28)14-11-20(23)3/h13,19,21,24-25,28H,3,6-12,14-18H2,1-2,4-5H3/b23-13+/t21-,24-,25-,27-/m1/s1. The highest BCUT2D eigenvalue weighted by Crippen LogP contribution is 2.58. The van der Waals surface area contributed by atoms with Crippen LogP contribution in [-0.2, 0) is 0 Å². The molecule has 0 aliphatic heterocycles. The van der Waals surface area contributed by atoms with Crippen molar-refractivity contribution in [3.05, 3.63) is 34.9 Å². The molecule has 0 amide bonds. The first-order valence-electron chi connectivity index (χ1n) is 12.1. The Kier molecular flexibility index (Phi) is 7.29. The minimum Gasteiger partial charge on any atom is -0.393 e. The first-order valence-corrected chi connectivity index (χ1v) is 12.1. The molecule has 1 N–H and O–H groups in total. The Labute approximate surface area is 174 Å². The Morgan fingerprint density at radius 2 is 1.93 bits per heavy atom. The van der Waals surface area contributed by atoms with Crippen LogP contribution < -0.4 is 0 Å². The second-order valence-electron chi connectivity index (χ2n) is 10.7. The smallest absolute Gasteiger partial charge is 0.0583 e. The molecular formula is C27H44O. The molecule has 28 heavy (non-hydrogen) atoms. The van der Waals surface area contributed by atoms with Crippen molar-refractivity contribution in [1.82, 2.24) is 0 Å². The molecule has 0 heterocycles. The zero-order valence-corrected chi connectivity index (χ0v) is 19.0. The highest BCUT2D eigenvalue weighted by Gasteiger charge is 2.46. The first kappa shape index (κ1) is 21.9. The molecule has 158 valence electrons. The van der Waals surface area contributed by atoms with Crippen LogP contribution in [0.25, 0.3) is 0 Å². The number of hydrogen-bond donors (Lipinski definition) is 1. The van der Waals surface area contributed by atoms with E-state index in [0.29, 0.717) is 5.41 Å². The SMILES string of the molecule is C=C1CC[C@@H](O)C/C1=C\CC1=C2CC[C@H]([C@H](C)CCCC(C)C)[C@@]2(C)CCC1. The maximum atomic E-state index is 10.0. The van der Waals surface area contributed by atoms with E-state index in [-0.39, 0.29) is 6.10 Å². The van der Waals surface area contributed by atoms with E-state index in [9.17, 15) is 5.11 Å². The molecular weight excluding hydrogens is 340 g/mol. The predicted molar refractivity (Wildman–Crippen MR) is 121 cm³/mol. The van der Waals surface area contributed by atoms with Gasteiger partial charge in [0.15, 0.2) is 0 Å². The van der Waals surface area contributed by atoms with Crippen molar-refractivity contribution in [3.63, 3.8) is 0 Å². The molecule has 0 bridgehead atoms. The molecule has 0 aromatic carbocycles. The van der Waals surface area contributed by atoms with Gasteiger partial charge in [0.2, 0.25) is 0 Å². The molecule has 4 atom stereocenters. The molecule has 0 radical (unpaired) electrons.